The lowest BCUT2D eigenvalue weighted by Crippen LogP contribution is -2.33. The van der Waals surface area contributed by atoms with E-state index in [0.29, 0.717) is 5.46 Å². The highest BCUT2D eigenvalue weighted by Gasteiger charge is 2.38. The minimum atomic E-state index is -5.08. The van der Waals surface area contributed by atoms with Crippen LogP contribution in [-0.4, -0.2) is 46.4 Å². The molecule has 0 spiro atoms. The third-order valence-corrected chi connectivity index (χ3v) is 2.70. The number of fused-ring (bicyclic) bond motifs is 1. The lowest BCUT2D eigenvalue weighted by atomic mass is 9.76. The van der Waals surface area contributed by atoms with Crippen molar-refractivity contribution < 1.29 is 33.1 Å². The Morgan fingerprint density at radius 2 is 1.85 bits per heavy atom. The lowest BCUT2D eigenvalue weighted by molar-refractivity contribution is -0.192. The van der Waals surface area contributed by atoms with Crippen LogP contribution in [0.4, 0.5) is 13.2 Å². The number of rotatable bonds is 1. The number of aliphatic carboxylic acids is 1. The summed E-state index contributed by atoms with van der Waals surface area (Å²) >= 11 is 0. The number of carboxylic acids is 1. The smallest absolute Gasteiger partial charge is 0.475 e. The van der Waals surface area contributed by atoms with Gasteiger partial charge in [-0.05, 0) is 23.6 Å². The van der Waals surface area contributed by atoms with E-state index in [0.717, 1.165) is 18.7 Å². The van der Waals surface area contributed by atoms with E-state index in [-0.39, 0.29) is 0 Å². The van der Waals surface area contributed by atoms with E-state index in [9.17, 15) is 13.2 Å². The Morgan fingerprint density at radius 3 is 2.30 bits per heavy atom. The molecule has 2 rings (SSSR count). The van der Waals surface area contributed by atoms with Gasteiger partial charge in [-0.25, -0.2) is 4.79 Å². The second kappa shape index (κ2) is 6.25. The lowest BCUT2D eigenvalue weighted by Gasteiger charge is -2.06. The zero-order valence-corrected chi connectivity index (χ0v) is 10.6. The van der Waals surface area contributed by atoms with Crippen LogP contribution in [0.2, 0.25) is 0 Å². The summed E-state index contributed by atoms with van der Waals surface area (Å²) < 4.78 is 31.7. The standard InChI is InChI=1S/C9H12BNO2.C2HF3O2/c1-11-5-7-3-2-4-9(10(12)13)8(7)6-11;3-2(4,5)1(6)7/h2-4,12-13H,5-6H2,1H3;(H,6,7). The molecule has 0 atom stereocenters. The van der Waals surface area contributed by atoms with Gasteiger partial charge in [0.2, 0.25) is 0 Å². The predicted octanol–water partition coefficient (Wildman–Crippen LogP) is -0.0549. The molecule has 0 saturated carbocycles. The summed E-state index contributed by atoms with van der Waals surface area (Å²) in [5.41, 5.74) is 2.91. The van der Waals surface area contributed by atoms with Crippen molar-refractivity contribution in [2.45, 2.75) is 19.3 Å². The minimum Gasteiger partial charge on any atom is -0.475 e. The average Bonchev–Trinajstić information content (AvgIpc) is 2.67. The molecule has 0 aliphatic carbocycles. The molecule has 1 aromatic rings. The molecule has 110 valence electrons. The molecule has 5 nitrogen and oxygen atoms in total. The van der Waals surface area contributed by atoms with Gasteiger partial charge >= 0.3 is 19.3 Å². The molecule has 0 aromatic heterocycles. The highest BCUT2D eigenvalue weighted by Crippen LogP contribution is 2.19. The van der Waals surface area contributed by atoms with Gasteiger partial charge in [-0.2, -0.15) is 13.2 Å². The van der Waals surface area contributed by atoms with Crippen LogP contribution in [0.25, 0.3) is 0 Å². The zero-order valence-electron chi connectivity index (χ0n) is 10.6. The Kier molecular flexibility index (Phi) is 5.15. The van der Waals surface area contributed by atoms with E-state index in [2.05, 4.69) is 4.90 Å². The summed E-state index contributed by atoms with van der Waals surface area (Å²) in [5, 5.41) is 25.3. The van der Waals surface area contributed by atoms with Gasteiger partial charge in [-0.1, -0.05) is 18.2 Å². The minimum absolute atomic E-state index is 0.641. The molecular formula is C11H13BF3NO4. The van der Waals surface area contributed by atoms with Crippen LogP contribution < -0.4 is 5.46 Å². The molecule has 0 fully saturated rings. The van der Waals surface area contributed by atoms with Crippen molar-refractivity contribution in [3.05, 3.63) is 29.3 Å². The largest absolute Gasteiger partial charge is 0.490 e. The number of alkyl halides is 3. The first-order valence-corrected chi connectivity index (χ1v) is 5.58. The van der Waals surface area contributed by atoms with Crippen molar-refractivity contribution in [1.82, 2.24) is 4.90 Å². The van der Waals surface area contributed by atoms with E-state index < -0.39 is 19.3 Å². The third kappa shape index (κ3) is 4.22. The molecule has 0 unspecified atom stereocenters. The van der Waals surface area contributed by atoms with Gasteiger partial charge in [-0.15, -0.1) is 0 Å². The molecule has 1 heterocycles. The highest BCUT2D eigenvalue weighted by molar-refractivity contribution is 6.59. The van der Waals surface area contributed by atoms with Crippen LogP contribution in [0.3, 0.4) is 0 Å². The molecule has 0 bridgehead atoms. The number of benzene rings is 1. The van der Waals surface area contributed by atoms with E-state index in [1.54, 1.807) is 6.07 Å². The Labute approximate surface area is 113 Å². The van der Waals surface area contributed by atoms with Crippen molar-refractivity contribution in [2.75, 3.05) is 7.05 Å². The maximum absolute atomic E-state index is 10.6. The molecule has 0 amide bonds. The fourth-order valence-electron chi connectivity index (χ4n) is 1.85. The van der Waals surface area contributed by atoms with Gasteiger partial charge in [0.25, 0.3) is 0 Å². The van der Waals surface area contributed by atoms with E-state index >= 15 is 0 Å². The molecule has 1 aliphatic rings. The van der Waals surface area contributed by atoms with Gasteiger partial charge in [0.05, 0.1) is 0 Å². The Morgan fingerprint density at radius 1 is 1.30 bits per heavy atom. The fourth-order valence-corrected chi connectivity index (χ4v) is 1.85. The first-order chi connectivity index (χ1) is 9.12. The van der Waals surface area contributed by atoms with Crippen molar-refractivity contribution >= 4 is 18.6 Å². The molecule has 0 saturated heterocycles. The summed E-state index contributed by atoms with van der Waals surface area (Å²) in [6.45, 7) is 1.71. The molecule has 1 aromatic carbocycles. The molecule has 1 aliphatic heterocycles. The Bertz CT molecular complexity index is 493. The van der Waals surface area contributed by atoms with Gasteiger partial charge < -0.3 is 15.2 Å². The summed E-state index contributed by atoms with van der Waals surface area (Å²) in [5.74, 6) is -2.76. The van der Waals surface area contributed by atoms with Crippen molar-refractivity contribution in [2.24, 2.45) is 0 Å². The van der Waals surface area contributed by atoms with E-state index in [4.69, 9.17) is 19.9 Å². The van der Waals surface area contributed by atoms with Gasteiger partial charge in [-0.3, -0.25) is 4.90 Å². The normalized spacial score (nSPS) is 14.3. The number of nitrogens with zero attached hydrogens (tertiary/aromatic N) is 1. The van der Waals surface area contributed by atoms with Crippen LogP contribution in [0.5, 0.6) is 0 Å². The average molecular weight is 291 g/mol. The maximum Gasteiger partial charge on any atom is 0.490 e. The summed E-state index contributed by atoms with van der Waals surface area (Å²) in [6.07, 6.45) is -5.08. The Balaban J connectivity index is 0.000000246. The molecular weight excluding hydrogens is 278 g/mol. The maximum atomic E-state index is 10.6. The van der Waals surface area contributed by atoms with Crippen molar-refractivity contribution in [1.29, 1.82) is 0 Å². The van der Waals surface area contributed by atoms with Gasteiger partial charge in [0.15, 0.2) is 0 Å². The summed E-state index contributed by atoms with van der Waals surface area (Å²) in [6, 6.07) is 5.67. The zero-order chi connectivity index (χ0) is 15.5. The molecule has 20 heavy (non-hydrogen) atoms. The number of halogens is 3. The van der Waals surface area contributed by atoms with Crippen LogP contribution in [-0.2, 0) is 17.9 Å². The van der Waals surface area contributed by atoms with Crippen LogP contribution in [0.15, 0.2) is 18.2 Å². The van der Waals surface area contributed by atoms with Crippen molar-refractivity contribution in [3.63, 3.8) is 0 Å². The second-order valence-electron chi connectivity index (χ2n) is 4.33. The number of carboxylic acid groups (broad SMARTS) is 1. The first-order valence-electron chi connectivity index (χ1n) is 5.58. The quantitative estimate of drug-likeness (QED) is 0.632. The van der Waals surface area contributed by atoms with Crippen LogP contribution in [0, 0.1) is 0 Å². The predicted molar refractivity (Wildman–Crippen MR) is 65.1 cm³/mol. The van der Waals surface area contributed by atoms with Gasteiger partial charge in [0, 0.05) is 13.1 Å². The van der Waals surface area contributed by atoms with E-state index in [1.807, 2.05) is 19.2 Å². The van der Waals surface area contributed by atoms with Crippen molar-refractivity contribution in [3.8, 4) is 0 Å². The Hall–Kier alpha value is -1.58. The highest BCUT2D eigenvalue weighted by atomic mass is 19.4. The summed E-state index contributed by atoms with van der Waals surface area (Å²) in [7, 11) is 0.675. The monoisotopic (exact) mass is 291 g/mol. The van der Waals surface area contributed by atoms with Crippen LogP contribution >= 0.6 is 0 Å². The molecule has 3 N–H and O–H groups in total. The molecule has 9 heteroatoms. The number of hydrogen-bond acceptors (Lipinski definition) is 4. The summed E-state index contributed by atoms with van der Waals surface area (Å²) in [4.78, 5) is 11.0. The fraction of sp³-hybridized carbons (Fsp3) is 0.364. The second-order valence-corrected chi connectivity index (χ2v) is 4.33. The molecule has 0 radical (unpaired) electrons. The van der Waals surface area contributed by atoms with E-state index in [1.165, 1.54) is 5.56 Å². The topological polar surface area (TPSA) is 81.0 Å². The number of hydrogen-bond donors (Lipinski definition) is 3. The third-order valence-electron chi connectivity index (χ3n) is 2.70. The number of carbonyl (C=O) groups is 1. The SMILES string of the molecule is CN1Cc2cccc(B(O)O)c2C1.O=C(O)C(F)(F)F. The van der Waals surface area contributed by atoms with Crippen LogP contribution in [0.1, 0.15) is 11.1 Å². The first kappa shape index (κ1) is 16.5. The van der Waals surface area contributed by atoms with Gasteiger partial charge in [0.1, 0.15) is 0 Å².